The molecule has 0 radical (unpaired) electrons. The van der Waals surface area contributed by atoms with Crippen molar-refractivity contribution in [2.75, 3.05) is 49.1 Å². The molecular weight excluding hydrogens is 374 g/mol. The number of fused-ring (bicyclic) bond motifs is 1. The van der Waals surface area contributed by atoms with Gasteiger partial charge in [0, 0.05) is 45.5 Å². The molecule has 3 heterocycles. The van der Waals surface area contributed by atoms with Crippen molar-refractivity contribution in [1.29, 1.82) is 0 Å². The van der Waals surface area contributed by atoms with E-state index in [1.54, 1.807) is 0 Å². The first-order valence-electron chi connectivity index (χ1n) is 10.9. The third-order valence-electron chi connectivity index (χ3n) is 6.20. The molecule has 30 heavy (non-hydrogen) atoms. The highest BCUT2D eigenvalue weighted by molar-refractivity contribution is 5.90. The summed E-state index contributed by atoms with van der Waals surface area (Å²) in [4.78, 5) is 28.7. The van der Waals surface area contributed by atoms with Gasteiger partial charge in [-0.1, -0.05) is 42.5 Å². The number of amides is 1. The van der Waals surface area contributed by atoms with Crippen molar-refractivity contribution in [3.63, 3.8) is 0 Å². The molecular formula is C24H27N5O. The first kappa shape index (κ1) is 18.9. The predicted octanol–water partition coefficient (Wildman–Crippen LogP) is 3.12. The van der Waals surface area contributed by atoms with Gasteiger partial charge in [0.2, 0.25) is 11.9 Å². The molecule has 3 aromatic rings. The van der Waals surface area contributed by atoms with Crippen molar-refractivity contribution in [3.8, 4) is 0 Å². The van der Waals surface area contributed by atoms with Crippen LogP contribution in [0.25, 0.3) is 10.8 Å². The average molecular weight is 402 g/mol. The van der Waals surface area contributed by atoms with Crippen LogP contribution < -0.4 is 9.80 Å². The minimum atomic E-state index is 0.200. The zero-order chi connectivity index (χ0) is 20.3. The van der Waals surface area contributed by atoms with E-state index < -0.39 is 0 Å². The van der Waals surface area contributed by atoms with Gasteiger partial charge in [0.1, 0.15) is 5.82 Å². The third kappa shape index (κ3) is 3.82. The number of aromatic nitrogens is 2. The van der Waals surface area contributed by atoms with Gasteiger partial charge in [-0.05, 0) is 35.2 Å². The summed E-state index contributed by atoms with van der Waals surface area (Å²) in [5.74, 6) is 2.00. The Kier molecular flexibility index (Phi) is 5.22. The van der Waals surface area contributed by atoms with Gasteiger partial charge in [-0.2, -0.15) is 4.98 Å². The normalized spacial score (nSPS) is 17.0. The Balaban J connectivity index is 1.22. The fourth-order valence-corrected chi connectivity index (χ4v) is 4.49. The maximum absolute atomic E-state index is 13.0. The fourth-order valence-electron chi connectivity index (χ4n) is 4.49. The molecule has 2 fully saturated rings. The van der Waals surface area contributed by atoms with E-state index in [2.05, 4.69) is 39.0 Å². The Labute approximate surface area is 177 Å². The lowest BCUT2D eigenvalue weighted by Gasteiger charge is -2.35. The zero-order valence-electron chi connectivity index (χ0n) is 17.2. The monoisotopic (exact) mass is 401 g/mol. The Bertz CT molecular complexity index is 1030. The van der Waals surface area contributed by atoms with E-state index in [4.69, 9.17) is 4.98 Å². The fraction of sp³-hybridized carbons (Fsp3) is 0.375. The Morgan fingerprint density at radius 2 is 1.60 bits per heavy atom. The van der Waals surface area contributed by atoms with Crippen LogP contribution in [0.1, 0.15) is 18.4 Å². The number of rotatable bonds is 4. The molecule has 1 aromatic heterocycles. The number of hydrogen-bond donors (Lipinski definition) is 0. The summed E-state index contributed by atoms with van der Waals surface area (Å²) in [6.07, 6.45) is 4.73. The molecule has 0 N–H and O–H groups in total. The molecule has 0 atom stereocenters. The van der Waals surface area contributed by atoms with E-state index in [0.717, 1.165) is 56.6 Å². The van der Waals surface area contributed by atoms with Gasteiger partial charge in [-0.3, -0.25) is 4.79 Å². The molecule has 6 nitrogen and oxygen atoms in total. The van der Waals surface area contributed by atoms with Crippen LogP contribution in [0.4, 0.5) is 11.8 Å². The van der Waals surface area contributed by atoms with Crippen LogP contribution in [-0.2, 0) is 11.2 Å². The molecule has 2 aromatic carbocycles. The van der Waals surface area contributed by atoms with Crippen LogP contribution in [0.5, 0.6) is 0 Å². The van der Waals surface area contributed by atoms with Crippen molar-refractivity contribution in [2.24, 2.45) is 0 Å². The Hall–Kier alpha value is -3.15. The summed E-state index contributed by atoms with van der Waals surface area (Å²) < 4.78 is 0. The van der Waals surface area contributed by atoms with Gasteiger partial charge >= 0.3 is 0 Å². The number of hydrogen-bond acceptors (Lipinski definition) is 5. The van der Waals surface area contributed by atoms with Gasteiger partial charge in [0.15, 0.2) is 0 Å². The van der Waals surface area contributed by atoms with E-state index >= 15 is 0 Å². The topological polar surface area (TPSA) is 52.6 Å². The highest BCUT2D eigenvalue weighted by Gasteiger charge is 2.23. The number of nitrogens with zero attached hydrogens (tertiary/aromatic N) is 5. The number of anilines is 2. The van der Waals surface area contributed by atoms with Crippen LogP contribution in [-0.4, -0.2) is 60.0 Å². The van der Waals surface area contributed by atoms with E-state index in [9.17, 15) is 4.79 Å². The highest BCUT2D eigenvalue weighted by atomic mass is 16.2. The molecule has 154 valence electrons. The molecule has 1 amide bonds. The molecule has 2 saturated heterocycles. The number of carbonyl (C=O) groups excluding carboxylic acids is 1. The van der Waals surface area contributed by atoms with Crippen molar-refractivity contribution < 1.29 is 4.79 Å². The van der Waals surface area contributed by atoms with Crippen molar-refractivity contribution in [2.45, 2.75) is 19.3 Å². The molecule has 2 aliphatic heterocycles. The summed E-state index contributed by atoms with van der Waals surface area (Å²) in [6, 6.07) is 16.5. The van der Waals surface area contributed by atoms with Crippen LogP contribution in [0.15, 0.2) is 54.7 Å². The Morgan fingerprint density at radius 1 is 0.833 bits per heavy atom. The van der Waals surface area contributed by atoms with E-state index in [0.29, 0.717) is 6.42 Å². The van der Waals surface area contributed by atoms with Crippen molar-refractivity contribution >= 4 is 28.4 Å². The molecule has 0 aliphatic carbocycles. The average Bonchev–Trinajstić information content (AvgIpc) is 3.35. The molecule has 0 spiro atoms. The second-order valence-electron chi connectivity index (χ2n) is 8.09. The minimum absolute atomic E-state index is 0.200. The highest BCUT2D eigenvalue weighted by Crippen LogP contribution is 2.22. The van der Waals surface area contributed by atoms with Crippen molar-refractivity contribution in [3.05, 3.63) is 60.3 Å². The van der Waals surface area contributed by atoms with Crippen LogP contribution in [0, 0.1) is 0 Å². The van der Waals surface area contributed by atoms with Gasteiger partial charge < -0.3 is 14.7 Å². The third-order valence-corrected chi connectivity index (χ3v) is 6.20. The standard InChI is InChI=1S/C24H27N5O/c30-23(18-20-8-5-7-19-6-1-2-9-21(19)20)28-16-14-27(15-17-28)22-10-11-25-24(26-22)29-12-3-4-13-29/h1-2,5-11H,3-4,12-18H2. The first-order chi connectivity index (χ1) is 14.8. The van der Waals surface area contributed by atoms with E-state index in [1.807, 2.05) is 35.4 Å². The summed E-state index contributed by atoms with van der Waals surface area (Å²) >= 11 is 0. The quantitative estimate of drug-likeness (QED) is 0.672. The lowest BCUT2D eigenvalue weighted by Crippen LogP contribution is -2.49. The van der Waals surface area contributed by atoms with Crippen molar-refractivity contribution in [1.82, 2.24) is 14.9 Å². The molecule has 0 saturated carbocycles. The SMILES string of the molecule is O=C(Cc1cccc2ccccc12)N1CCN(c2ccnc(N3CCCC3)n2)CC1. The maximum Gasteiger partial charge on any atom is 0.227 e. The summed E-state index contributed by atoms with van der Waals surface area (Å²) in [6.45, 7) is 5.15. The second kappa shape index (κ2) is 8.30. The van der Waals surface area contributed by atoms with Crippen LogP contribution in [0.2, 0.25) is 0 Å². The molecule has 2 aliphatic rings. The smallest absolute Gasteiger partial charge is 0.227 e. The van der Waals surface area contributed by atoms with Crippen LogP contribution in [0.3, 0.4) is 0 Å². The zero-order valence-corrected chi connectivity index (χ0v) is 17.2. The largest absolute Gasteiger partial charge is 0.353 e. The van der Waals surface area contributed by atoms with Crippen LogP contribution >= 0.6 is 0 Å². The minimum Gasteiger partial charge on any atom is -0.353 e. The van der Waals surface area contributed by atoms with E-state index in [1.165, 1.54) is 23.6 Å². The number of benzene rings is 2. The summed E-state index contributed by atoms with van der Waals surface area (Å²) in [5.41, 5.74) is 1.10. The van der Waals surface area contributed by atoms with Gasteiger partial charge in [0.05, 0.1) is 6.42 Å². The molecule has 0 unspecified atom stereocenters. The summed E-state index contributed by atoms with van der Waals surface area (Å²) in [7, 11) is 0. The summed E-state index contributed by atoms with van der Waals surface area (Å²) in [5, 5.41) is 2.35. The predicted molar refractivity (Wildman–Crippen MR) is 120 cm³/mol. The number of piperazine rings is 1. The van der Waals surface area contributed by atoms with Gasteiger partial charge in [-0.25, -0.2) is 4.98 Å². The maximum atomic E-state index is 13.0. The Morgan fingerprint density at radius 3 is 2.43 bits per heavy atom. The van der Waals surface area contributed by atoms with Gasteiger partial charge in [-0.15, -0.1) is 0 Å². The molecule has 0 bridgehead atoms. The number of carbonyl (C=O) groups is 1. The van der Waals surface area contributed by atoms with E-state index in [-0.39, 0.29) is 5.91 Å². The lowest BCUT2D eigenvalue weighted by atomic mass is 10.0. The molecule has 6 heteroatoms. The van der Waals surface area contributed by atoms with Gasteiger partial charge in [0.25, 0.3) is 0 Å². The first-order valence-corrected chi connectivity index (χ1v) is 10.9. The lowest BCUT2D eigenvalue weighted by molar-refractivity contribution is -0.130. The second-order valence-corrected chi connectivity index (χ2v) is 8.09. The molecule has 5 rings (SSSR count).